The van der Waals surface area contributed by atoms with Crippen molar-refractivity contribution in [2.24, 2.45) is 11.7 Å². The highest BCUT2D eigenvalue weighted by molar-refractivity contribution is 5.82. The first kappa shape index (κ1) is 19.7. The van der Waals surface area contributed by atoms with E-state index in [0.717, 1.165) is 16.7 Å². The molecule has 0 saturated carbocycles. The van der Waals surface area contributed by atoms with Crippen molar-refractivity contribution in [3.8, 4) is 0 Å². The summed E-state index contributed by atoms with van der Waals surface area (Å²) >= 11 is 0. The monoisotopic (exact) mass is 354 g/mol. The minimum absolute atomic E-state index is 0.196. The second kappa shape index (κ2) is 9.73. The zero-order chi connectivity index (χ0) is 18.9. The Labute approximate surface area is 154 Å². The molecule has 2 rings (SSSR count). The third kappa shape index (κ3) is 6.01. The topological polar surface area (TPSA) is 81.4 Å². The summed E-state index contributed by atoms with van der Waals surface area (Å²) in [4.78, 5) is 24.4. The van der Waals surface area contributed by atoms with Crippen LogP contribution in [0.5, 0.6) is 0 Å². The van der Waals surface area contributed by atoms with Gasteiger partial charge < -0.3 is 15.8 Å². The van der Waals surface area contributed by atoms with Crippen molar-refractivity contribution in [2.75, 3.05) is 13.7 Å². The Kier molecular flexibility index (Phi) is 7.36. The van der Waals surface area contributed by atoms with E-state index < -0.39 is 12.0 Å². The molecule has 26 heavy (non-hydrogen) atoms. The van der Waals surface area contributed by atoms with Crippen molar-refractivity contribution in [3.63, 3.8) is 0 Å². The molecule has 0 fully saturated rings. The SMILES string of the molecule is COC(=O)C(CNC(=O)[C@@H](N)Cc1ccccc1)Cc1cccc(C)c1. The van der Waals surface area contributed by atoms with Crippen LogP contribution in [-0.2, 0) is 27.2 Å². The standard InChI is InChI=1S/C21H26N2O3/c1-15-7-6-10-17(11-15)12-18(21(25)26-2)14-23-20(24)19(22)13-16-8-4-3-5-9-16/h3-11,18-19H,12-14,22H2,1-2H3,(H,23,24)/t18?,19-/m0/s1. The normalized spacial score (nSPS) is 12.9. The molecule has 2 aromatic rings. The fourth-order valence-corrected chi connectivity index (χ4v) is 2.84. The van der Waals surface area contributed by atoms with Gasteiger partial charge in [-0.1, -0.05) is 60.2 Å². The number of hydrogen-bond acceptors (Lipinski definition) is 4. The molecule has 5 nitrogen and oxygen atoms in total. The highest BCUT2D eigenvalue weighted by atomic mass is 16.5. The van der Waals surface area contributed by atoms with Crippen LogP contribution in [0.25, 0.3) is 0 Å². The van der Waals surface area contributed by atoms with E-state index in [4.69, 9.17) is 10.5 Å². The average molecular weight is 354 g/mol. The van der Waals surface area contributed by atoms with Gasteiger partial charge in [0, 0.05) is 6.54 Å². The van der Waals surface area contributed by atoms with Crippen molar-refractivity contribution in [3.05, 3.63) is 71.3 Å². The lowest BCUT2D eigenvalue weighted by atomic mass is 9.98. The van der Waals surface area contributed by atoms with Gasteiger partial charge in [0.05, 0.1) is 19.1 Å². The first-order chi connectivity index (χ1) is 12.5. The molecule has 1 amide bonds. The predicted molar refractivity (Wildman–Crippen MR) is 102 cm³/mol. The Bertz CT molecular complexity index is 731. The number of carbonyl (C=O) groups excluding carboxylic acids is 2. The number of carbonyl (C=O) groups is 2. The predicted octanol–water partition coefficient (Wildman–Crippen LogP) is 2.01. The van der Waals surface area contributed by atoms with Gasteiger partial charge in [-0.25, -0.2) is 0 Å². The van der Waals surface area contributed by atoms with Crippen LogP contribution in [0.2, 0.25) is 0 Å². The van der Waals surface area contributed by atoms with Gasteiger partial charge in [-0.3, -0.25) is 9.59 Å². The molecule has 3 N–H and O–H groups in total. The molecule has 138 valence electrons. The van der Waals surface area contributed by atoms with Gasteiger partial charge in [0.1, 0.15) is 0 Å². The van der Waals surface area contributed by atoms with E-state index >= 15 is 0 Å². The summed E-state index contributed by atoms with van der Waals surface area (Å²) in [5.74, 6) is -1.06. The Balaban J connectivity index is 1.93. The van der Waals surface area contributed by atoms with Crippen LogP contribution in [0.4, 0.5) is 0 Å². The maximum Gasteiger partial charge on any atom is 0.310 e. The van der Waals surface area contributed by atoms with E-state index in [1.165, 1.54) is 7.11 Å². The second-order valence-corrected chi connectivity index (χ2v) is 6.45. The lowest BCUT2D eigenvalue weighted by Crippen LogP contribution is -2.45. The summed E-state index contributed by atoms with van der Waals surface area (Å²) in [6.45, 7) is 2.20. The number of esters is 1. The van der Waals surface area contributed by atoms with Crippen LogP contribution in [0.1, 0.15) is 16.7 Å². The van der Waals surface area contributed by atoms with Crippen LogP contribution in [0, 0.1) is 12.8 Å². The second-order valence-electron chi connectivity index (χ2n) is 6.45. The number of amides is 1. The fraction of sp³-hybridized carbons (Fsp3) is 0.333. The van der Waals surface area contributed by atoms with Gasteiger partial charge >= 0.3 is 5.97 Å². The quantitative estimate of drug-likeness (QED) is 0.711. The van der Waals surface area contributed by atoms with E-state index in [9.17, 15) is 9.59 Å². The molecule has 0 radical (unpaired) electrons. The van der Waals surface area contributed by atoms with Crippen LogP contribution in [0.15, 0.2) is 54.6 Å². The molecule has 1 unspecified atom stereocenters. The molecule has 0 aliphatic heterocycles. The molecular weight excluding hydrogens is 328 g/mol. The molecule has 0 saturated heterocycles. The zero-order valence-electron chi connectivity index (χ0n) is 15.3. The molecule has 2 aromatic carbocycles. The summed E-state index contributed by atoms with van der Waals surface area (Å²) in [7, 11) is 1.36. The summed E-state index contributed by atoms with van der Waals surface area (Å²) in [6.07, 6.45) is 0.954. The zero-order valence-corrected chi connectivity index (χ0v) is 15.3. The number of rotatable bonds is 8. The fourth-order valence-electron chi connectivity index (χ4n) is 2.84. The minimum atomic E-state index is -0.658. The summed E-state index contributed by atoms with van der Waals surface area (Å²) in [6, 6.07) is 16.9. The van der Waals surface area contributed by atoms with E-state index in [-0.39, 0.29) is 18.4 Å². The number of benzene rings is 2. The number of methoxy groups -OCH3 is 1. The van der Waals surface area contributed by atoms with Crippen molar-refractivity contribution in [1.82, 2.24) is 5.32 Å². The first-order valence-electron chi connectivity index (χ1n) is 8.70. The van der Waals surface area contributed by atoms with Gasteiger partial charge in [0.15, 0.2) is 0 Å². The van der Waals surface area contributed by atoms with Gasteiger partial charge in [0.25, 0.3) is 0 Å². The molecule has 0 aliphatic rings. The lowest BCUT2D eigenvalue weighted by Gasteiger charge is -2.18. The van der Waals surface area contributed by atoms with E-state index in [0.29, 0.717) is 12.8 Å². The highest BCUT2D eigenvalue weighted by Gasteiger charge is 2.22. The summed E-state index contributed by atoms with van der Waals surface area (Å²) in [5, 5.41) is 2.79. The largest absolute Gasteiger partial charge is 0.469 e. The Morgan fingerprint density at radius 1 is 1.04 bits per heavy atom. The Hall–Kier alpha value is -2.66. The number of aryl methyl sites for hydroxylation is 1. The smallest absolute Gasteiger partial charge is 0.310 e. The van der Waals surface area contributed by atoms with E-state index in [1.807, 2.05) is 61.5 Å². The summed E-state index contributed by atoms with van der Waals surface area (Å²) < 4.78 is 4.88. The first-order valence-corrected chi connectivity index (χ1v) is 8.70. The van der Waals surface area contributed by atoms with Gasteiger partial charge in [-0.05, 0) is 30.9 Å². The maximum absolute atomic E-state index is 12.3. The number of nitrogens with two attached hydrogens (primary N) is 1. The molecule has 0 spiro atoms. The van der Waals surface area contributed by atoms with Crippen molar-refractivity contribution in [2.45, 2.75) is 25.8 Å². The highest BCUT2D eigenvalue weighted by Crippen LogP contribution is 2.12. The number of nitrogens with one attached hydrogen (secondary N) is 1. The van der Waals surface area contributed by atoms with Crippen molar-refractivity contribution >= 4 is 11.9 Å². The average Bonchev–Trinajstić information content (AvgIpc) is 2.65. The van der Waals surface area contributed by atoms with Crippen molar-refractivity contribution in [1.29, 1.82) is 0 Å². The third-order valence-electron chi connectivity index (χ3n) is 4.26. The molecular formula is C21H26N2O3. The minimum Gasteiger partial charge on any atom is -0.469 e. The van der Waals surface area contributed by atoms with E-state index in [1.54, 1.807) is 0 Å². The Morgan fingerprint density at radius 3 is 2.38 bits per heavy atom. The van der Waals surface area contributed by atoms with Gasteiger partial charge in [-0.2, -0.15) is 0 Å². The Morgan fingerprint density at radius 2 is 1.73 bits per heavy atom. The van der Waals surface area contributed by atoms with Gasteiger partial charge in [0.2, 0.25) is 5.91 Å². The van der Waals surface area contributed by atoms with Crippen LogP contribution < -0.4 is 11.1 Å². The molecule has 0 heterocycles. The maximum atomic E-state index is 12.3. The molecule has 2 atom stereocenters. The molecule has 0 aromatic heterocycles. The van der Waals surface area contributed by atoms with E-state index in [2.05, 4.69) is 5.32 Å². The molecule has 0 aliphatic carbocycles. The number of hydrogen-bond donors (Lipinski definition) is 2. The number of ether oxygens (including phenoxy) is 1. The lowest BCUT2D eigenvalue weighted by molar-refractivity contribution is -0.145. The van der Waals surface area contributed by atoms with Crippen LogP contribution in [0.3, 0.4) is 0 Å². The summed E-state index contributed by atoms with van der Waals surface area (Å²) in [5.41, 5.74) is 9.14. The van der Waals surface area contributed by atoms with Crippen LogP contribution in [-0.4, -0.2) is 31.6 Å². The van der Waals surface area contributed by atoms with Crippen molar-refractivity contribution < 1.29 is 14.3 Å². The van der Waals surface area contributed by atoms with Crippen LogP contribution >= 0.6 is 0 Å². The third-order valence-corrected chi connectivity index (χ3v) is 4.26. The van der Waals surface area contributed by atoms with Gasteiger partial charge in [-0.15, -0.1) is 0 Å². The molecule has 0 bridgehead atoms. The molecule has 5 heteroatoms.